The van der Waals surface area contributed by atoms with Gasteiger partial charge in [0.2, 0.25) is 0 Å². The molecule has 0 bridgehead atoms. The van der Waals surface area contributed by atoms with Crippen LogP contribution >= 0.6 is 0 Å². The smallest absolute Gasteiger partial charge is 0.335 e. The molecule has 0 saturated carbocycles. The minimum absolute atomic E-state index is 0.00408. The Balaban J connectivity index is 0.000000135. The first kappa shape index (κ1) is 77.0. The molecule has 0 amide bonds. The summed E-state index contributed by atoms with van der Waals surface area (Å²) in [6.07, 6.45) is 3.01. The Labute approximate surface area is 632 Å². The van der Waals surface area contributed by atoms with E-state index in [9.17, 15) is 50.1 Å². The number of benzene rings is 9. The van der Waals surface area contributed by atoms with E-state index in [4.69, 9.17) is 33.2 Å². The molecule has 0 radical (unpaired) electrons. The molecule has 17 nitrogen and oxygen atoms in total. The van der Waals surface area contributed by atoms with Crippen molar-refractivity contribution >= 4 is 23.5 Å². The molecule has 108 heavy (non-hydrogen) atoms. The van der Waals surface area contributed by atoms with E-state index >= 15 is 0 Å². The zero-order valence-corrected chi connectivity index (χ0v) is 63.5. The maximum atomic E-state index is 12.7. The van der Waals surface area contributed by atoms with Crippen LogP contribution in [0, 0.1) is 96.8 Å². The fourth-order valence-corrected chi connectivity index (χ4v) is 17.0. The van der Waals surface area contributed by atoms with Crippen molar-refractivity contribution in [1.29, 1.82) is 0 Å². The van der Waals surface area contributed by atoms with E-state index in [1.165, 1.54) is 88.6 Å². The molecule has 0 spiro atoms. The average molecular weight is 1460 g/mol. The number of methoxy groups -OCH3 is 4. The third-order valence-electron chi connectivity index (χ3n) is 23.3. The van der Waals surface area contributed by atoms with Crippen LogP contribution < -0.4 is 23.7 Å². The lowest BCUT2D eigenvalue weighted by Gasteiger charge is -2.39. The number of aliphatic carboxylic acids is 1. The van der Waals surface area contributed by atoms with Gasteiger partial charge in [-0.15, -0.1) is 0 Å². The summed E-state index contributed by atoms with van der Waals surface area (Å²) >= 11 is 0. The molecule has 10 atom stereocenters. The van der Waals surface area contributed by atoms with E-state index in [0.29, 0.717) is 55.0 Å². The number of cyclic esters (lactones) is 2. The lowest BCUT2D eigenvalue weighted by atomic mass is 9.66. The number of carboxylic acid groups (broad SMARTS) is 1. The van der Waals surface area contributed by atoms with Crippen LogP contribution in [0.1, 0.15) is 135 Å². The maximum Gasteiger partial charge on any atom is 0.335 e. The van der Waals surface area contributed by atoms with Crippen LogP contribution in [0.4, 0.5) is 0 Å². The number of aryl methyl sites for hydroxylation is 8. The summed E-state index contributed by atoms with van der Waals surface area (Å²) < 4.78 is 38.3. The number of aliphatic hydroxyl groups excluding tert-OH is 3. The summed E-state index contributed by atoms with van der Waals surface area (Å²) in [6, 6.07) is 49.0. The summed E-state index contributed by atoms with van der Waals surface area (Å²) in [7, 11) is 6.17. The van der Waals surface area contributed by atoms with Crippen LogP contribution in [0.3, 0.4) is 0 Å². The van der Waals surface area contributed by atoms with Gasteiger partial charge in [0.15, 0.2) is 46.0 Å². The summed E-state index contributed by atoms with van der Waals surface area (Å²) in [5.74, 6) is -0.167. The molecule has 4 aliphatic carbocycles. The lowest BCUT2D eigenvalue weighted by Crippen LogP contribution is -2.38. The van der Waals surface area contributed by atoms with Gasteiger partial charge < -0.3 is 68.9 Å². The Bertz CT molecular complexity index is 4900. The standard InChI is InChI=1S/C28H26O4.C21H24O5.C21H22O4.C21H26O4/c1-17-11-21-13-22-16-32-28(29)27(22)26(23(21)12-18(17)2)20-9-10-24(25(14-20)30-3)31-15-19-7-5-4-6-8-19;1-11-6-14-8-15(10-22)20(21(24)25)19(16(14)7-12(11)2)13-4-5-17(23)18(9-13)26-3;1-11-6-14-8-15-10-25-21(23)20(15)19(16(14)7-12(11)2)13-4-5-17(22)18(9-13)24-3;1-12-6-15-8-16(10-22)18(11-23)21(17(15)7-13(12)2)14-4-5-19(24)20(9-14)25-3/h4-12,14,22H,13,15-16H2,1-3H3;4-7,9,15,19-20,22-23H,8,10H2,1-3H3,(H,24,25);4-7,9,15,19-20,22H,8,10H2,1-3H3;4-7,9,16,18,21-24H,8,10-11H2,1-3H3/t22-;15-,19-,20-;15-,19+,20-;16-,18-,21-/m1111/s1. The zero-order valence-electron chi connectivity index (χ0n) is 63.5. The number of rotatable bonds is 15. The van der Waals surface area contributed by atoms with Crippen LogP contribution in [0.5, 0.6) is 46.0 Å². The van der Waals surface area contributed by atoms with Crippen molar-refractivity contribution < 1.29 is 83.3 Å². The second-order valence-corrected chi connectivity index (χ2v) is 29.8. The van der Waals surface area contributed by atoms with Gasteiger partial charge in [0.05, 0.1) is 59.1 Å². The summed E-state index contributed by atoms with van der Waals surface area (Å²) in [4.78, 5) is 37.3. The molecule has 6 aliphatic rings. The highest BCUT2D eigenvalue weighted by atomic mass is 16.5. The van der Waals surface area contributed by atoms with Crippen LogP contribution in [0.2, 0.25) is 0 Å². The predicted molar refractivity (Wildman–Crippen MR) is 413 cm³/mol. The molecule has 2 saturated heterocycles. The molecular weight excluding hydrogens is 1360 g/mol. The molecule has 564 valence electrons. The van der Waals surface area contributed by atoms with Crippen molar-refractivity contribution in [2.45, 2.75) is 105 Å². The van der Waals surface area contributed by atoms with Gasteiger partial charge in [-0.25, -0.2) is 4.79 Å². The number of carbonyl (C=O) groups excluding carboxylic acids is 2. The second kappa shape index (κ2) is 32.9. The first-order valence-corrected chi connectivity index (χ1v) is 36.9. The van der Waals surface area contributed by atoms with Gasteiger partial charge in [0.25, 0.3) is 0 Å². The topological polar surface area (TPSA) is 257 Å². The van der Waals surface area contributed by atoms with E-state index in [0.717, 1.165) is 86.0 Å². The number of hydrogen-bond donors (Lipinski definition) is 7. The molecule has 2 fully saturated rings. The number of phenolic OH excluding ortho intramolecular Hbond substituents is 3. The van der Waals surface area contributed by atoms with Crippen molar-refractivity contribution in [2.75, 3.05) is 61.5 Å². The second-order valence-electron chi connectivity index (χ2n) is 29.8. The van der Waals surface area contributed by atoms with E-state index in [2.05, 4.69) is 90.1 Å². The van der Waals surface area contributed by atoms with Gasteiger partial charge >= 0.3 is 17.9 Å². The number of phenols is 3. The Morgan fingerprint density at radius 3 is 1.44 bits per heavy atom. The van der Waals surface area contributed by atoms with Crippen LogP contribution in [0.15, 0.2) is 157 Å². The van der Waals surface area contributed by atoms with Crippen LogP contribution in [-0.2, 0) is 56.1 Å². The number of hydrogen-bond acceptors (Lipinski definition) is 16. The van der Waals surface area contributed by atoms with Crippen molar-refractivity contribution in [3.05, 3.63) is 274 Å². The number of esters is 2. The van der Waals surface area contributed by atoms with Gasteiger partial charge in [0, 0.05) is 60.9 Å². The zero-order chi connectivity index (χ0) is 77.1. The summed E-state index contributed by atoms with van der Waals surface area (Å²) in [5.41, 5.74) is 25.5. The fourth-order valence-electron chi connectivity index (χ4n) is 17.0. The largest absolute Gasteiger partial charge is 0.504 e. The third-order valence-corrected chi connectivity index (χ3v) is 23.3. The van der Waals surface area contributed by atoms with Gasteiger partial charge in [-0.05, 0) is 258 Å². The molecule has 7 N–H and O–H groups in total. The molecule has 15 rings (SSSR count). The minimum Gasteiger partial charge on any atom is -0.504 e. The van der Waals surface area contributed by atoms with Gasteiger partial charge in [-0.1, -0.05) is 103 Å². The molecule has 2 aliphatic heterocycles. The van der Waals surface area contributed by atoms with Crippen LogP contribution in [0.25, 0.3) is 5.57 Å². The Kier molecular flexibility index (Phi) is 23.4. The van der Waals surface area contributed by atoms with Crippen LogP contribution in [-0.4, -0.2) is 115 Å². The quantitative estimate of drug-likeness (QED) is 0.0471. The SMILES string of the molecule is COc1cc(C2=C3C(=O)OC[C@H]3Cc3cc(C)c(C)cc32)ccc1OCc1ccccc1.COc1cc([C@@H]2c3cc(C)c(C)cc3C[C@H](CO)[C@H]2C(=O)O)ccc1O.COc1cc([C@@H]2c3cc(C)c(C)cc3C[C@H](CO)[C@H]2CO)ccc1O.COc1cc([C@H]2c3cc(C)c(C)cc3C[C@@H]3COC(=O)[C@H]32)ccc1O. The fraction of sp³-hybridized carbons (Fsp3) is 0.352. The first-order chi connectivity index (χ1) is 51.9. The monoisotopic (exact) mass is 1460 g/mol. The predicted octanol–water partition coefficient (Wildman–Crippen LogP) is 14.9. The minimum atomic E-state index is -0.926. The molecule has 0 aromatic heterocycles. The van der Waals surface area contributed by atoms with Gasteiger partial charge in [-0.3, -0.25) is 9.59 Å². The Morgan fingerprint density at radius 1 is 0.454 bits per heavy atom. The average Bonchev–Trinajstić information content (AvgIpc) is 1.22. The lowest BCUT2D eigenvalue weighted by molar-refractivity contribution is -0.145. The number of aromatic hydroxyl groups is 3. The van der Waals surface area contributed by atoms with Crippen molar-refractivity contribution in [1.82, 2.24) is 0 Å². The molecular formula is C91H98O17. The normalized spacial score (nSPS) is 21.2. The van der Waals surface area contributed by atoms with E-state index in [-0.39, 0.29) is 96.4 Å². The number of fused-ring (bicyclic) bond motifs is 6. The number of carbonyl (C=O) groups is 3. The van der Waals surface area contributed by atoms with E-state index in [1.807, 2.05) is 86.6 Å². The van der Waals surface area contributed by atoms with Crippen molar-refractivity contribution in [2.24, 2.45) is 41.4 Å². The van der Waals surface area contributed by atoms with Crippen molar-refractivity contribution in [3.63, 3.8) is 0 Å². The van der Waals surface area contributed by atoms with E-state index < -0.39 is 17.8 Å². The maximum absolute atomic E-state index is 12.7. The first-order valence-electron chi connectivity index (χ1n) is 36.9. The number of carboxylic acids is 1. The summed E-state index contributed by atoms with van der Waals surface area (Å²) in [6.45, 7) is 18.0. The highest BCUT2D eigenvalue weighted by Gasteiger charge is 2.48. The van der Waals surface area contributed by atoms with Gasteiger partial charge in [-0.2, -0.15) is 0 Å². The molecule has 17 heteroatoms. The third kappa shape index (κ3) is 15.5. The molecule has 9 aromatic carbocycles. The van der Waals surface area contributed by atoms with E-state index in [1.54, 1.807) is 31.4 Å². The highest BCUT2D eigenvalue weighted by Crippen LogP contribution is 2.52. The molecule has 0 unspecified atom stereocenters. The summed E-state index contributed by atoms with van der Waals surface area (Å²) in [5, 5.41) is 69.4. The number of aliphatic hydroxyl groups is 3. The van der Waals surface area contributed by atoms with Gasteiger partial charge in [0.1, 0.15) is 6.61 Å². The molecule has 9 aromatic rings. The Hall–Kier alpha value is -10.6. The van der Waals surface area contributed by atoms with Crippen molar-refractivity contribution in [3.8, 4) is 46.0 Å². The molecule has 2 heterocycles. The Morgan fingerprint density at radius 2 is 0.926 bits per heavy atom. The highest BCUT2D eigenvalue weighted by molar-refractivity contribution is 6.05. The number of ether oxygens (including phenoxy) is 7.